The largest absolute Gasteiger partial charge is 0.398 e. The van der Waals surface area contributed by atoms with Gasteiger partial charge in [0.1, 0.15) is 0 Å². The number of hydrogen-bond donors (Lipinski definition) is 2. The van der Waals surface area contributed by atoms with Gasteiger partial charge < -0.3 is 5.73 Å². The van der Waals surface area contributed by atoms with E-state index in [1.807, 2.05) is 26.0 Å². The summed E-state index contributed by atoms with van der Waals surface area (Å²) in [6.07, 6.45) is 0. The number of nitrogens with one attached hydrogen (secondary N) is 1. The fourth-order valence-electron chi connectivity index (χ4n) is 1.97. The first-order valence-corrected chi connectivity index (χ1v) is 8.34. The van der Waals surface area contributed by atoms with E-state index in [0.29, 0.717) is 11.4 Å². The second kappa shape index (κ2) is 5.95. The minimum atomic E-state index is -3.70. The van der Waals surface area contributed by atoms with E-state index in [9.17, 15) is 8.42 Å². The lowest BCUT2D eigenvalue weighted by Gasteiger charge is -2.15. The van der Waals surface area contributed by atoms with Crippen molar-refractivity contribution in [1.29, 1.82) is 0 Å². The van der Waals surface area contributed by atoms with Crippen LogP contribution in [0.3, 0.4) is 0 Å². The topological polar surface area (TPSA) is 72.2 Å². The van der Waals surface area contributed by atoms with Gasteiger partial charge in [0.05, 0.1) is 21.3 Å². The molecule has 0 bridgehead atoms. The summed E-state index contributed by atoms with van der Waals surface area (Å²) in [6, 6.07) is 11.6. The molecule has 0 radical (unpaired) electrons. The summed E-state index contributed by atoms with van der Waals surface area (Å²) in [5, 5.41) is 0.218. The molecule has 2 rings (SSSR count). The van der Waals surface area contributed by atoms with Gasteiger partial charge in [-0.25, -0.2) is 8.42 Å². The van der Waals surface area contributed by atoms with Crippen LogP contribution in [0.2, 0.25) is 5.02 Å². The number of benzene rings is 2. The van der Waals surface area contributed by atoms with Gasteiger partial charge in [0.15, 0.2) is 0 Å². The van der Waals surface area contributed by atoms with E-state index in [-0.39, 0.29) is 15.8 Å². The van der Waals surface area contributed by atoms with Gasteiger partial charge in [-0.05, 0) is 35.7 Å². The molecule has 21 heavy (non-hydrogen) atoms. The van der Waals surface area contributed by atoms with Crippen LogP contribution in [0.1, 0.15) is 25.3 Å². The molecule has 0 saturated heterocycles. The van der Waals surface area contributed by atoms with Gasteiger partial charge in [0, 0.05) is 0 Å². The molecular weight excluding hydrogens is 308 g/mol. The number of nitrogen functional groups attached to an aromatic ring is 1. The SMILES string of the molecule is CC(C)c1ccccc1NS(=O)(=O)c1ccc(N)c(Cl)c1. The van der Waals surface area contributed by atoms with Crippen molar-refractivity contribution in [3.63, 3.8) is 0 Å². The van der Waals surface area contributed by atoms with Gasteiger partial charge in [-0.15, -0.1) is 0 Å². The molecule has 0 unspecified atom stereocenters. The number of halogens is 1. The van der Waals surface area contributed by atoms with Crippen molar-refractivity contribution < 1.29 is 8.42 Å². The maximum Gasteiger partial charge on any atom is 0.261 e. The lowest BCUT2D eigenvalue weighted by atomic mass is 10.0. The Kier molecular flexibility index (Phi) is 4.44. The van der Waals surface area contributed by atoms with Crippen molar-refractivity contribution in [2.24, 2.45) is 0 Å². The standard InChI is InChI=1S/C15H17ClN2O2S/c1-10(2)12-5-3-4-6-15(12)18-21(19,20)11-7-8-14(17)13(16)9-11/h3-10,18H,17H2,1-2H3. The molecule has 0 fully saturated rings. The molecule has 0 spiro atoms. The Bertz CT molecular complexity index is 758. The van der Waals surface area contributed by atoms with Crippen LogP contribution in [0, 0.1) is 0 Å². The minimum Gasteiger partial charge on any atom is -0.398 e. The smallest absolute Gasteiger partial charge is 0.261 e. The molecule has 112 valence electrons. The quantitative estimate of drug-likeness (QED) is 0.839. The molecule has 0 amide bonds. The van der Waals surface area contributed by atoms with E-state index in [4.69, 9.17) is 17.3 Å². The van der Waals surface area contributed by atoms with Gasteiger partial charge in [-0.3, -0.25) is 4.72 Å². The number of para-hydroxylation sites is 1. The number of sulfonamides is 1. The second-order valence-corrected chi connectivity index (χ2v) is 7.12. The Morgan fingerprint density at radius 2 is 1.81 bits per heavy atom. The number of nitrogens with two attached hydrogens (primary N) is 1. The van der Waals surface area contributed by atoms with Crippen molar-refractivity contribution >= 4 is 33.0 Å². The Morgan fingerprint density at radius 3 is 2.43 bits per heavy atom. The molecule has 0 aliphatic heterocycles. The summed E-state index contributed by atoms with van der Waals surface area (Å²) in [5.74, 6) is 0.207. The van der Waals surface area contributed by atoms with Crippen LogP contribution in [-0.4, -0.2) is 8.42 Å². The van der Waals surface area contributed by atoms with Gasteiger partial charge >= 0.3 is 0 Å². The lowest BCUT2D eigenvalue weighted by molar-refractivity contribution is 0.601. The predicted molar refractivity (Wildman–Crippen MR) is 87.2 cm³/mol. The van der Waals surface area contributed by atoms with Crippen LogP contribution >= 0.6 is 11.6 Å². The summed E-state index contributed by atoms with van der Waals surface area (Å²) < 4.78 is 27.5. The number of rotatable bonds is 4. The third-order valence-corrected chi connectivity index (χ3v) is 4.80. The summed E-state index contributed by atoms with van der Waals surface area (Å²) in [7, 11) is -3.70. The number of hydrogen-bond acceptors (Lipinski definition) is 3. The summed E-state index contributed by atoms with van der Waals surface area (Å²) in [6.45, 7) is 4.01. The van der Waals surface area contributed by atoms with Crippen LogP contribution in [0.5, 0.6) is 0 Å². The summed E-state index contributed by atoms with van der Waals surface area (Å²) in [5.41, 5.74) is 7.45. The second-order valence-electron chi connectivity index (χ2n) is 5.03. The highest BCUT2D eigenvalue weighted by atomic mass is 35.5. The van der Waals surface area contributed by atoms with E-state index in [1.165, 1.54) is 18.2 Å². The Balaban J connectivity index is 2.40. The maximum absolute atomic E-state index is 12.4. The van der Waals surface area contributed by atoms with E-state index in [1.54, 1.807) is 12.1 Å². The highest BCUT2D eigenvalue weighted by Gasteiger charge is 2.17. The van der Waals surface area contributed by atoms with Crippen molar-refractivity contribution in [3.05, 3.63) is 53.1 Å². The minimum absolute atomic E-state index is 0.0836. The highest BCUT2D eigenvalue weighted by molar-refractivity contribution is 7.92. The first kappa shape index (κ1) is 15.7. The zero-order chi connectivity index (χ0) is 15.6. The molecule has 0 aliphatic carbocycles. The molecule has 6 heteroatoms. The van der Waals surface area contributed by atoms with Gasteiger partial charge in [-0.2, -0.15) is 0 Å². The monoisotopic (exact) mass is 324 g/mol. The third-order valence-electron chi connectivity index (χ3n) is 3.11. The van der Waals surface area contributed by atoms with Gasteiger partial charge in [-0.1, -0.05) is 43.6 Å². The Morgan fingerprint density at radius 1 is 1.14 bits per heavy atom. The van der Waals surface area contributed by atoms with E-state index in [2.05, 4.69) is 4.72 Å². The normalized spacial score (nSPS) is 11.6. The molecule has 0 saturated carbocycles. The van der Waals surface area contributed by atoms with E-state index >= 15 is 0 Å². The van der Waals surface area contributed by atoms with Crippen molar-refractivity contribution in [3.8, 4) is 0 Å². The van der Waals surface area contributed by atoms with Crippen molar-refractivity contribution in [2.45, 2.75) is 24.7 Å². The molecular formula is C15H17ClN2O2S. The fourth-order valence-corrected chi connectivity index (χ4v) is 3.33. The average molecular weight is 325 g/mol. The Labute approximate surface area is 130 Å². The van der Waals surface area contributed by atoms with Crippen molar-refractivity contribution in [1.82, 2.24) is 0 Å². The molecule has 0 aromatic heterocycles. The average Bonchev–Trinajstić information content (AvgIpc) is 2.41. The predicted octanol–water partition coefficient (Wildman–Crippen LogP) is 3.85. The third kappa shape index (κ3) is 3.49. The molecule has 0 aliphatic rings. The fraction of sp³-hybridized carbons (Fsp3) is 0.200. The Hall–Kier alpha value is -1.72. The van der Waals surface area contributed by atoms with E-state index < -0.39 is 10.0 Å². The first-order chi connectivity index (χ1) is 9.81. The van der Waals surface area contributed by atoms with Crippen LogP contribution in [0.15, 0.2) is 47.4 Å². The molecule has 2 aromatic rings. The van der Waals surface area contributed by atoms with Crippen LogP contribution in [0.25, 0.3) is 0 Å². The van der Waals surface area contributed by atoms with E-state index in [0.717, 1.165) is 5.56 Å². The highest BCUT2D eigenvalue weighted by Crippen LogP contribution is 2.28. The molecule has 0 atom stereocenters. The van der Waals surface area contributed by atoms with Crippen LogP contribution in [0.4, 0.5) is 11.4 Å². The first-order valence-electron chi connectivity index (χ1n) is 6.48. The van der Waals surface area contributed by atoms with Crippen LogP contribution < -0.4 is 10.5 Å². The zero-order valence-electron chi connectivity index (χ0n) is 11.8. The molecule has 4 nitrogen and oxygen atoms in total. The summed E-state index contributed by atoms with van der Waals surface area (Å²) >= 11 is 5.89. The van der Waals surface area contributed by atoms with Crippen molar-refractivity contribution in [2.75, 3.05) is 10.5 Å². The maximum atomic E-state index is 12.4. The number of anilines is 2. The molecule has 3 N–H and O–H groups in total. The molecule has 2 aromatic carbocycles. The van der Waals surface area contributed by atoms with Gasteiger partial charge in [0.25, 0.3) is 10.0 Å². The lowest BCUT2D eigenvalue weighted by Crippen LogP contribution is -2.14. The zero-order valence-corrected chi connectivity index (χ0v) is 13.4. The molecule has 0 heterocycles. The van der Waals surface area contributed by atoms with Gasteiger partial charge in [0.2, 0.25) is 0 Å². The summed E-state index contributed by atoms with van der Waals surface area (Å²) in [4.78, 5) is 0.0836. The van der Waals surface area contributed by atoms with Crippen LogP contribution in [-0.2, 0) is 10.0 Å².